The van der Waals surface area contributed by atoms with Gasteiger partial charge in [-0.15, -0.1) is 0 Å². The zero-order valence-corrected chi connectivity index (χ0v) is 19.0. The standard InChI is InChI=1S/C28H30N2O3/c1-33-26-16-14-23(15-17-26)20-30(19-22-9-4-2-5-10-22)28(32)25-13-8-18-29(21-25)27(31)24-11-6-3-7-12-24/h2-7,9-12,14-17,25H,8,13,18-21H2,1H3/t25-/m1/s1. The molecule has 1 saturated heterocycles. The molecule has 1 fully saturated rings. The van der Waals surface area contributed by atoms with Crippen molar-refractivity contribution in [3.8, 4) is 5.75 Å². The number of nitrogens with zero attached hydrogens (tertiary/aromatic N) is 2. The fraction of sp³-hybridized carbons (Fsp3) is 0.286. The normalized spacial score (nSPS) is 15.7. The van der Waals surface area contributed by atoms with E-state index in [1.54, 1.807) is 7.11 Å². The Morgan fingerprint density at radius 1 is 0.879 bits per heavy atom. The number of rotatable bonds is 7. The number of carbonyl (C=O) groups excluding carboxylic acids is 2. The topological polar surface area (TPSA) is 49.9 Å². The number of methoxy groups -OCH3 is 1. The van der Waals surface area contributed by atoms with Crippen LogP contribution in [0, 0.1) is 5.92 Å². The second-order valence-corrected chi connectivity index (χ2v) is 8.48. The molecule has 0 aliphatic carbocycles. The Balaban J connectivity index is 1.51. The van der Waals surface area contributed by atoms with Gasteiger partial charge in [0.2, 0.25) is 5.91 Å². The molecule has 1 atom stereocenters. The molecule has 4 rings (SSSR count). The molecule has 0 radical (unpaired) electrons. The minimum Gasteiger partial charge on any atom is -0.497 e. The smallest absolute Gasteiger partial charge is 0.253 e. The molecule has 1 heterocycles. The molecule has 0 bridgehead atoms. The highest BCUT2D eigenvalue weighted by Gasteiger charge is 2.31. The van der Waals surface area contributed by atoms with Gasteiger partial charge in [0.15, 0.2) is 0 Å². The molecule has 0 saturated carbocycles. The maximum atomic E-state index is 13.7. The summed E-state index contributed by atoms with van der Waals surface area (Å²) in [6.45, 7) is 2.20. The molecule has 0 aromatic heterocycles. The minimum absolute atomic E-state index is 0.00198. The Kier molecular flexibility index (Phi) is 7.40. The van der Waals surface area contributed by atoms with Gasteiger partial charge in [-0.25, -0.2) is 0 Å². The van der Waals surface area contributed by atoms with Gasteiger partial charge >= 0.3 is 0 Å². The first kappa shape index (κ1) is 22.6. The van der Waals surface area contributed by atoms with Crippen molar-refractivity contribution < 1.29 is 14.3 Å². The lowest BCUT2D eigenvalue weighted by Gasteiger charge is -2.35. The second-order valence-electron chi connectivity index (χ2n) is 8.48. The van der Waals surface area contributed by atoms with Crippen LogP contribution in [-0.2, 0) is 17.9 Å². The summed E-state index contributed by atoms with van der Waals surface area (Å²) in [5.74, 6) is 0.688. The number of amides is 2. The van der Waals surface area contributed by atoms with E-state index in [9.17, 15) is 9.59 Å². The molecule has 3 aromatic carbocycles. The molecule has 0 spiro atoms. The number of piperidine rings is 1. The molecule has 0 unspecified atom stereocenters. The van der Waals surface area contributed by atoms with Gasteiger partial charge in [-0.2, -0.15) is 0 Å². The van der Waals surface area contributed by atoms with Gasteiger partial charge in [0.05, 0.1) is 13.0 Å². The van der Waals surface area contributed by atoms with Crippen molar-refractivity contribution in [2.24, 2.45) is 5.92 Å². The van der Waals surface area contributed by atoms with Crippen molar-refractivity contribution >= 4 is 11.8 Å². The summed E-state index contributed by atoms with van der Waals surface area (Å²) >= 11 is 0. The van der Waals surface area contributed by atoms with Crippen molar-refractivity contribution in [2.75, 3.05) is 20.2 Å². The molecular weight excluding hydrogens is 412 g/mol. The van der Waals surface area contributed by atoms with Crippen LogP contribution in [0.1, 0.15) is 34.3 Å². The SMILES string of the molecule is COc1ccc(CN(Cc2ccccc2)C(=O)[C@@H]2CCCN(C(=O)c3ccccc3)C2)cc1. The predicted octanol–water partition coefficient (Wildman–Crippen LogP) is 4.78. The zero-order chi connectivity index (χ0) is 23.0. The van der Waals surface area contributed by atoms with E-state index in [2.05, 4.69) is 0 Å². The summed E-state index contributed by atoms with van der Waals surface area (Å²) in [5, 5.41) is 0. The van der Waals surface area contributed by atoms with Crippen LogP contribution < -0.4 is 4.74 Å². The van der Waals surface area contributed by atoms with Gasteiger partial charge in [-0.3, -0.25) is 9.59 Å². The summed E-state index contributed by atoms with van der Waals surface area (Å²) in [5.41, 5.74) is 2.81. The molecule has 1 aliphatic rings. The van der Waals surface area contributed by atoms with Gasteiger partial charge in [0.25, 0.3) is 5.91 Å². The van der Waals surface area contributed by atoms with E-state index in [-0.39, 0.29) is 17.7 Å². The summed E-state index contributed by atoms with van der Waals surface area (Å²) in [6, 6.07) is 27.2. The van der Waals surface area contributed by atoms with Gasteiger partial charge in [-0.05, 0) is 48.2 Å². The third-order valence-corrected chi connectivity index (χ3v) is 6.14. The number of benzene rings is 3. The third kappa shape index (κ3) is 5.80. The molecule has 33 heavy (non-hydrogen) atoms. The molecule has 2 amide bonds. The number of hydrogen-bond donors (Lipinski definition) is 0. The Labute approximate surface area is 195 Å². The predicted molar refractivity (Wildman–Crippen MR) is 129 cm³/mol. The van der Waals surface area contributed by atoms with Crippen molar-refractivity contribution in [1.82, 2.24) is 9.80 Å². The maximum absolute atomic E-state index is 13.7. The summed E-state index contributed by atoms with van der Waals surface area (Å²) in [7, 11) is 1.64. The van der Waals surface area contributed by atoms with Crippen LogP contribution in [0.25, 0.3) is 0 Å². The average Bonchev–Trinajstić information content (AvgIpc) is 2.89. The highest BCUT2D eigenvalue weighted by Crippen LogP contribution is 2.23. The highest BCUT2D eigenvalue weighted by molar-refractivity contribution is 5.94. The van der Waals surface area contributed by atoms with Crippen LogP contribution >= 0.6 is 0 Å². The monoisotopic (exact) mass is 442 g/mol. The average molecular weight is 443 g/mol. The van der Waals surface area contributed by atoms with Crippen LogP contribution in [0.15, 0.2) is 84.9 Å². The van der Waals surface area contributed by atoms with Crippen LogP contribution in [0.5, 0.6) is 5.75 Å². The molecule has 170 valence electrons. The molecule has 5 nitrogen and oxygen atoms in total. The zero-order valence-electron chi connectivity index (χ0n) is 19.0. The van der Waals surface area contributed by atoms with Crippen LogP contribution in [-0.4, -0.2) is 41.8 Å². The summed E-state index contributed by atoms with van der Waals surface area (Å²) in [4.78, 5) is 30.4. The van der Waals surface area contributed by atoms with Gasteiger partial charge in [-0.1, -0.05) is 60.7 Å². The Morgan fingerprint density at radius 2 is 1.48 bits per heavy atom. The second kappa shape index (κ2) is 10.8. The fourth-order valence-electron chi connectivity index (χ4n) is 4.35. The van der Waals surface area contributed by atoms with Gasteiger partial charge in [0.1, 0.15) is 5.75 Å². The van der Waals surface area contributed by atoms with Crippen molar-refractivity contribution in [3.05, 3.63) is 102 Å². The Bertz CT molecular complexity index is 1050. The van der Waals surface area contributed by atoms with Gasteiger partial charge < -0.3 is 14.5 Å². The lowest BCUT2D eigenvalue weighted by Crippen LogP contribution is -2.46. The molecular formula is C28H30N2O3. The first-order chi connectivity index (χ1) is 16.1. The largest absolute Gasteiger partial charge is 0.497 e. The fourth-order valence-corrected chi connectivity index (χ4v) is 4.35. The van der Waals surface area contributed by atoms with Crippen molar-refractivity contribution in [1.29, 1.82) is 0 Å². The van der Waals surface area contributed by atoms with E-state index < -0.39 is 0 Å². The highest BCUT2D eigenvalue weighted by atomic mass is 16.5. The summed E-state index contributed by atoms with van der Waals surface area (Å²) < 4.78 is 5.27. The van der Waals surface area contributed by atoms with Crippen LogP contribution in [0.4, 0.5) is 0 Å². The first-order valence-corrected chi connectivity index (χ1v) is 11.4. The van der Waals surface area contributed by atoms with Crippen molar-refractivity contribution in [2.45, 2.75) is 25.9 Å². The number of carbonyl (C=O) groups is 2. The third-order valence-electron chi connectivity index (χ3n) is 6.14. The summed E-state index contributed by atoms with van der Waals surface area (Å²) in [6.07, 6.45) is 1.63. The van der Waals surface area contributed by atoms with Crippen LogP contribution in [0.2, 0.25) is 0 Å². The lowest BCUT2D eigenvalue weighted by molar-refractivity contribution is -0.138. The maximum Gasteiger partial charge on any atom is 0.253 e. The minimum atomic E-state index is -0.201. The van der Waals surface area contributed by atoms with E-state index in [4.69, 9.17) is 4.74 Å². The van der Waals surface area contributed by atoms with E-state index >= 15 is 0 Å². The number of hydrogen-bond acceptors (Lipinski definition) is 3. The molecule has 3 aromatic rings. The van der Waals surface area contributed by atoms with Gasteiger partial charge in [0, 0.05) is 31.7 Å². The molecule has 1 aliphatic heterocycles. The van der Waals surface area contributed by atoms with E-state index in [0.29, 0.717) is 31.7 Å². The Hall–Kier alpha value is -3.60. The lowest BCUT2D eigenvalue weighted by atomic mass is 9.95. The molecule has 0 N–H and O–H groups in total. The first-order valence-electron chi connectivity index (χ1n) is 11.4. The quantitative estimate of drug-likeness (QED) is 0.529. The van der Waals surface area contributed by atoms with Crippen molar-refractivity contribution in [3.63, 3.8) is 0 Å². The number of likely N-dealkylation sites (tertiary alicyclic amines) is 1. The van der Waals surface area contributed by atoms with Crippen LogP contribution in [0.3, 0.4) is 0 Å². The molecule has 5 heteroatoms. The Morgan fingerprint density at radius 3 is 2.12 bits per heavy atom. The van der Waals surface area contributed by atoms with E-state index in [1.165, 1.54) is 0 Å². The van der Waals surface area contributed by atoms with E-state index in [1.807, 2.05) is 94.7 Å². The number of ether oxygens (including phenoxy) is 1. The van der Waals surface area contributed by atoms with E-state index in [0.717, 1.165) is 29.7 Å².